The average Bonchev–Trinajstić information content (AvgIpc) is 3.41. The summed E-state index contributed by atoms with van der Waals surface area (Å²) in [5.74, 6) is 0.103. The van der Waals surface area contributed by atoms with Crippen LogP contribution < -0.4 is 34.4 Å². The normalized spacial score (nSPS) is 28.9. The Labute approximate surface area is 218 Å². The number of hydrogen-bond donors (Lipinski definition) is 6. The van der Waals surface area contributed by atoms with Crippen molar-refractivity contribution in [3.8, 4) is 0 Å². The van der Waals surface area contributed by atoms with E-state index in [9.17, 15) is 0 Å². The zero-order valence-electron chi connectivity index (χ0n) is 20.5. The Balaban J connectivity index is 1.60. The highest BCUT2D eigenvalue weighted by Crippen LogP contribution is 2.80. The van der Waals surface area contributed by atoms with Gasteiger partial charge in [0.2, 0.25) is 0 Å². The van der Waals surface area contributed by atoms with Crippen molar-refractivity contribution < 1.29 is 0 Å². The third-order valence-corrected chi connectivity index (χ3v) is 10.2. The summed E-state index contributed by atoms with van der Waals surface area (Å²) in [5, 5.41) is 4.15. The van der Waals surface area contributed by atoms with Crippen molar-refractivity contribution in [3.63, 3.8) is 0 Å². The Hall–Kier alpha value is -4.84. The van der Waals surface area contributed by atoms with Gasteiger partial charge in [0.15, 0.2) is 0 Å². The van der Waals surface area contributed by atoms with Crippen LogP contribution in [-0.4, -0.2) is 0 Å². The summed E-state index contributed by atoms with van der Waals surface area (Å²) < 4.78 is 0. The van der Waals surface area contributed by atoms with Crippen molar-refractivity contribution in [2.75, 3.05) is 22.9 Å². The molecule has 0 aromatic heterocycles. The molecular weight excluding hydrogens is 468 g/mol. The van der Waals surface area contributed by atoms with Gasteiger partial charge in [0.05, 0.1) is 5.41 Å². The lowest BCUT2D eigenvalue weighted by atomic mass is 9.58. The van der Waals surface area contributed by atoms with Crippen LogP contribution in [0.2, 0.25) is 0 Å². The Morgan fingerprint density at radius 3 is 1.58 bits per heavy atom. The largest absolute Gasteiger partial charge is 0.398 e. The minimum atomic E-state index is -0.524. The first-order valence-electron chi connectivity index (χ1n) is 12.9. The zero-order chi connectivity index (χ0) is 25.9. The van der Waals surface area contributed by atoms with Gasteiger partial charge in [-0.15, -0.1) is 0 Å². The van der Waals surface area contributed by atoms with Crippen LogP contribution in [0.25, 0.3) is 21.5 Å². The van der Waals surface area contributed by atoms with Crippen molar-refractivity contribution in [3.05, 3.63) is 118 Å². The van der Waals surface area contributed by atoms with Gasteiger partial charge in [-0.2, -0.15) is 0 Å². The minimum absolute atomic E-state index is 0.0432. The quantitative estimate of drug-likeness (QED) is 0.203. The lowest BCUT2D eigenvalue weighted by Crippen LogP contribution is -2.44. The Bertz CT molecular complexity index is 1890. The van der Waals surface area contributed by atoms with Gasteiger partial charge in [0.25, 0.3) is 0 Å². The number of nitrogen functional groups attached to an aromatic ring is 4. The number of rotatable bonds is 0. The van der Waals surface area contributed by atoms with E-state index in [1.165, 1.54) is 27.8 Å². The molecule has 9 rings (SSSR count). The molecule has 6 nitrogen and oxygen atoms in total. The van der Waals surface area contributed by atoms with E-state index in [1.54, 1.807) is 0 Å². The van der Waals surface area contributed by atoms with Gasteiger partial charge in [-0.05, 0) is 75.0 Å². The molecule has 0 radical (unpaired) electrons. The summed E-state index contributed by atoms with van der Waals surface area (Å²) in [7, 11) is 0. The van der Waals surface area contributed by atoms with Crippen LogP contribution in [0.4, 0.5) is 22.7 Å². The van der Waals surface area contributed by atoms with Crippen molar-refractivity contribution in [1.82, 2.24) is 0 Å². The van der Waals surface area contributed by atoms with Crippen molar-refractivity contribution in [1.29, 1.82) is 0 Å². The van der Waals surface area contributed by atoms with Crippen LogP contribution >= 0.6 is 0 Å². The maximum Gasteiger partial charge on any atom is 0.0576 e. The third kappa shape index (κ3) is 1.67. The fourth-order valence-electron chi connectivity index (χ4n) is 9.24. The molecule has 1 fully saturated rings. The van der Waals surface area contributed by atoms with Crippen LogP contribution in [0.1, 0.15) is 22.3 Å². The van der Waals surface area contributed by atoms with Gasteiger partial charge >= 0.3 is 0 Å². The van der Waals surface area contributed by atoms with E-state index in [0.717, 1.165) is 38.5 Å². The Kier molecular flexibility index (Phi) is 3.11. The molecule has 0 amide bonds. The van der Waals surface area contributed by atoms with Crippen LogP contribution in [-0.2, 0) is 10.8 Å². The van der Waals surface area contributed by atoms with Crippen LogP contribution in [0, 0.1) is 11.8 Å². The zero-order valence-corrected chi connectivity index (χ0v) is 20.5. The second kappa shape index (κ2) is 5.83. The predicted molar refractivity (Wildman–Crippen MR) is 155 cm³/mol. The van der Waals surface area contributed by atoms with Gasteiger partial charge in [-0.3, -0.25) is 0 Å². The van der Waals surface area contributed by atoms with E-state index >= 15 is 0 Å². The molecule has 5 aliphatic carbocycles. The highest BCUT2D eigenvalue weighted by Gasteiger charge is 2.76. The van der Waals surface area contributed by atoms with Crippen molar-refractivity contribution >= 4 is 44.3 Å². The summed E-state index contributed by atoms with van der Waals surface area (Å²) in [6.07, 6.45) is 8.60. The molecule has 0 bridgehead atoms. The maximum absolute atomic E-state index is 6.63. The molecule has 0 heterocycles. The fraction of sp³-hybridized carbons (Fsp3) is 0.125. The van der Waals surface area contributed by atoms with Gasteiger partial charge in [-0.1, -0.05) is 36.4 Å². The first-order valence-corrected chi connectivity index (χ1v) is 12.9. The predicted octanol–water partition coefficient (Wildman–Crippen LogP) is 4.03. The fourth-order valence-corrected chi connectivity index (χ4v) is 9.24. The molecule has 4 aromatic carbocycles. The molecule has 12 N–H and O–H groups in total. The Morgan fingerprint density at radius 2 is 1.05 bits per heavy atom. The van der Waals surface area contributed by atoms with E-state index in [2.05, 4.69) is 36.4 Å². The molecule has 6 heteroatoms. The van der Waals surface area contributed by atoms with Gasteiger partial charge in [0.1, 0.15) is 0 Å². The molecule has 2 atom stereocenters. The highest BCUT2D eigenvalue weighted by atomic mass is 14.8. The van der Waals surface area contributed by atoms with Gasteiger partial charge < -0.3 is 34.4 Å². The summed E-state index contributed by atoms with van der Waals surface area (Å²) >= 11 is 0. The second-order valence-electron chi connectivity index (χ2n) is 11.3. The van der Waals surface area contributed by atoms with Gasteiger partial charge in [0, 0.05) is 67.7 Å². The molecule has 1 saturated carbocycles. The molecule has 4 aromatic rings. The highest BCUT2D eigenvalue weighted by molar-refractivity contribution is 6.15. The smallest absolute Gasteiger partial charge is 0.0576 e. The van der Waals surface area contributed by atoms with Gasteiger partial charge in [-0.25, -0.2) is 0 Å². The lowest BCUT2D eigenvalue weighted by Gasteiger charge is -2.42. The molecule has 0 spiro atoms. The molecule has 184 valence electrons. The molecule has 0 aliphatic heterocycles. The number of nitrogens with two attached hydrogens (primary N) is 6. The minimum Gasteiger partial charge on any atom is -0.398 e. The van der Waals surface area contributed by atoms with Crippen molar-refractivity contribution in [2.24, 2.45) is 23.3 Å². The topological polar surface area (TPSA) is 156 Å². The third-order valence-electron chi connectivity index (χ3n) is 10.2. The molecule has 5 aliphatic rings. The number of anilines is 4. The van der Waals surface area contributed by atoms with E-state index in [4.69, 9.17) is 34.4 Å². The summed E-state index contributed by atoms with van der Waals surface area (Å²) in [5.41, 5.74) is 50.1. The second-order valence-corrected chi connectivity index (χ2v) is 11.3. The summed E-state index contributed by atoms with van der Waals surface area (Å²) in [4.78, 5) is 0. The molecule has 38 heavy (non-hydrogen) atoms. The number of hydrogen-bond acceptors (Lipinski definition) is 6. The van der Waals surface area contributed by atoms with E-state index in [-0.39, 0.29) is 11.8 Å². The number of benzene rings is 4. The van der Waals surface area contributed by atoms with E-state index < -0.39 is 10.8 Å². The van der Waals surface area contributed by atoms with Crippen LogP contribution in [0.15, 0.2) is 95.4 Å². The molecule has 2 unspecified atom stereocenters. The average molecular weight is 495 g/mol. The first-order chi connectivity index (χ1) is 18.3. The monoisotopic (exact) mass is 494 g/mol. The van der Waals surface area contributed by atoms with Crippen LogP contribution in [0.5, 0.6) is 0 Å². The molecular formula is C32H26N6. The van der Waals surface area contributed by atoms with Crippen LogP contribution in [0.3, 0.4) is 0 Å². The first kappa shape index (κ1) is 20.2. The number of allylic oxidation sites excluding steroid dienone is 6. The Morgan fingerprint density at radius 1 is 0.553 bits per heavy atom. The maximum atomic E-state index is 6.63. The molecule has 0 saturated heterocycles. The SMILES string of the molecule is NC1=CC=C2C3C1=C(N)C=CC3C13c4ccc(N)c5c(N)ccc(c45)C21c1ccc(N)c2c(N)ccc3c12. The van der Waals surface area contributed by atoms with E-state index in [1.807, 2.05) is 36.4 Å². The van der Waals surface area contributed by atoms with E-state index in [0.29, 0.717) is 22.7 Å². The summed E-state index contributed by atoms with van der Waals surface area (Å²) in [6.45, 7) is 0. The lowest BCUT2D eigenvalue weighted by molar-refractivity contribution is 0.352. The standard InChI is InChI=1S/C32H26N6/c33-19-7-1-13-25-14(2-8-20(34)28(19)25)32-17-5-11-23(37)29-21(35)9-3-15(26(17)29)31(13,32)16-4-10-22(36)30-24(38)12-6-18(32)27(16)30/h1-13,25H,33-38H2. The van der Waals surface area contributed by atoms with Crippen molar-refractivity contribution in [2.45, 2.75) is 10.8 Å². The summed E-state index contributed by atoms with van der Waals surface area (Å²) in [6, 6.07) is 16.9.